The molecule has 0 aliphatic heterocycles. The van der Waals surface area contributed by atoms with Crippen LogP contribution in [0, 0.1) is 12.7 Å². The van der Waals surface area contributed by atoms with Crippen molar-refractivity contribution in [3.8, 4) is 0 Å². The average Bonchev–Trinajstić information content (AvgIpc) is 2.36. The number of hydrogen-bond donors (Lipinski definition) is 1. The molecule has 1 amide bonds. The molecule has 1 rings (SSSR count). The van der Waals surface area contributed by atoms with Crippen molar-refractivity contribution in [1.29, 1.82) is 0 Å². The monoisotopic (exact) mass is 227 g/mol. The van der Waals surface area contributed by atoms with Crippen LogP contribution in [0.15, 0.2) is 18.2 Å². The van der Waals surface area contributed by atoms with Crippen molar-refractivity contribution in [1.82, 2.24) is 5.32 Å². The van der Waals surface area contributed by atoms with Crippen LogP contribution in [0.3, 0.4) is 0 Å². The molecule has 1 N–H and O–H groups in total. The van der Waals surface area contributed by atoms with Crippen LogP contribution in [-0.4, -0.2) is 13.0 Å². The molecule has 0 aliphatic rings. The van der Waals surface area contributed by atoms with E-state index in [1.165, 1.54) is 13.1 Å². The maximum atomic E-state index is 12.9. The molecule has 0 saturated heterocycles. The van der Waals surface area contributed by atoms with Gasteiger partial charge in [0.05, 0.1) is 0 Å². The summed E-state index contributed by atoms with van der Waals surface area (Å²) in [6.45, 7) is 9.66. The third-order valence-electron chi connectivity index (χ3n) is 1.66. The Labute approximate surface area is 97.9 Å². The molecule has 0 spiro atoms. The summed E-state index contributed by atoms with van der Waals surface area (Å²) < 4.78 is 12.9. The van der Waals surface area contributed by atoms with Gasteiger partial charge in [-0.3, -0.25) is 4.79 Å². The minimum Gasteiger partial charge on any atom is -0.355 e. The summed E-state index contributed by atoms with van der Waals surface area (Å²) in [4.78, 5) is 11.0. The van der Waals surface area contributed by atoms with Gasteiger partial charge in [-0.2, -0.15) is 0 Å². The third-order valence-corrected chi connectivity index (χ3v) is 1.66. The number of rotatable bonds is 1. The zero-order chi connectivity index (χ0) is 13.1. The van der Waals surface area contributed by atoms with Crippen molar-refractivity contribution >= 4 is 5.91 Å². The first-order valence-corrected chi connectivity index (χ1v) is 5.63. The number of aryl methyl sites for hydroxylation is 1. The summed E-state index contributed by atoms with van der Waals surface area (Å²) in [6.07, 6.45) is 0. The van der Waals surface area contributed by atoms with Gasteiger partial charge in [0, 0.05) is 12.6 Å². The van der Waals surface area contributed by atoms with E-state index in [-0.39, 0.29) is 11.7 Å². The Balaban J connectivity index is 0. The number of carbonyl (C=O) groups excluding carboxylic acids is 1. The van der Waals surface area contributed by atoms with Crippen molar-refractivity contribution < 1.29 is 9.18 Å². The molecule has 0 aliphatic carbocycles. The molecule has 92 valence electrons. The lowest BCUT2D eigenvalue weighted by Gasteiger charge is -2.00. The normalized spacial score (nSPS) is 7.94. The highest BCUT2D eigenvalue weighted by Crippen LogP contribution is 2.08. The standard InChI is InChI=1S/C9H10FNO.2C2H6/c1-6-3-4-7(5-8(6)10)9(12)11-2;2*1-2/h3-5H,1-2H3,(H,11,12);2*1-2H3. The topological polar surface area (TPSA) is 29.1 Å². The third kappa shape index (κ3) is 5.49. The largest absolute Gasteiger partial charge is 0.355 e. The lowest BCUT2D eigenvalue weighted by Crippen LogP contribution is -2.17. The molecule has 0 atom stereocenters. The molecule has 3 heteroatoms. The smallest absolute Gasteiger partial charge is 0.251 e. The van der Waals surface area contributed by atoms with Crippen LogP contribution in [0.5, 0.6) is 0 Å². The SMILES string of the molecule is CC.CC.CNC(=O)c1ccc(C)c(F)c1. The quantitative estimate of drug-likeness (QED) is 0.781. The van der Waals surface area contributed by atoms with Crippen molar-refractivity contribution in [2.45, 2.75) is 34.6 Å². The van der Waals surface area contributed by atoms with Crippen LogP contribution in [0.2, 0.25) is 0 Å². The lowest BCUT2D eigenvalue weighted by molar-refractivity contribution is 0.0962. The summed E-state index contributed by atoms with van der Waals surface area (Å²) >= 11 is 0. The fraction of sp³-hybridized carbons (Fsp3) is 0.462. The Morgan fingerprint density at radius 2 is 1.69 bits per heavy atom. The number of hydrogen-bond acceptors (Lipinski definition) is 1. The number of halogens is 1. The second-order valence-electron chi connectivity index (χ2n) is 2.54. The zero-order valence-corrected chi connectivity index (χ0v) is 11.0. The van der Waals surface area contributed by atoms with Gasteiger partial charge in [0.25, 0.3) is 5.91 Å². The van der Waals surface area contributed by atoms with E-state index in [1.807, 2.05) is 27.7 Å². The summed E-state index contributed by atoms with van der Waals surface area (Å²) in [5.74, 6) is -0.620. The van der Waals surface area contributed by atoms with Gasteiger partial charge >= 0.3 is 0 Å². The van der Waals surface area contributed by atoms with Gasteiger partial charge in [0.2, 0.25) is 0 Å². The molecule has 0 saturated carbocycles. The molecular weight excluding hydrogens is 205 g/mol. The number of benzene rings is 1. The van der Waals surface area contributed by atoms with E-state index in [1.54, 1.807) is 19.1 Å². The first kappa shape index (κ1) is 17.0. The first-order chi connectivity index (χ1) is 7.65. The lowest BCUT2D eigenvalue weighted by atomic mass is 10.1. The molecule has 16 heavy (non-hydrogen) atoms. The number of carbonyl (C=O) groups is 1. The van der Waals surface area contributed by atoms with Crippen LogP contribution < -0.4 is 5.32 Å². The maximum Gasteiger partial charge on any atom is 0.251 e. The van der Waals surface area contributed by atoms with E-state index < -0.39 is 0 Å². The van der Waals surface area contributed by atoms with Crippen LogP contribution in [0.25, 0.3) is 0 Å². The van der Waals surface area contributed by atoms with E-state index >= 15 is 0 Å². The summed E-state index contributed by atoms with van der Waals surface area (Å²) in [5, 5.41) is 2.42. The predicted molar refractivity (Wildman–Crippen MR) is 67.2 cm³/mol. The van der Waals surface area contributed by atoms with E-state index in [2.05, 4.69) is 5.32 Å². The Morgan fingerprint density at radius 1 is 1.19 bits per heavy atom. The zero-order valence-electron chi connectivity index (χ0n) is 11.0. The highest BCUT2D eigenvalue weighted by Gasteiger charge is 2.04. The van der Waals surface area contributed by atoms with Crippen LogP contribution >= 0.6 is 0 Å². The fourth-order valence-corrected chi connectivity index (χ4v) is 0.878. The molecule has 0 radical (unpaired) electrons. The van der Waals surface area contributed by atoms with Gasteiger partial charge in [0.1, 0.15) is 5.82 Å². The number of nitrogens with one attached hydrogen (secondary N) is 1. The molecule has 0 bridgehead atoms. The van der Waals surface area contributed by atoms with Crippen molar-refractivity contribution in [2.75, 3.05) is 7.05 Å². The molecule has 0 fully saturated rings. The summed E-state index contributed by atoms with van der Waals surface area (Å²) in [5.41, 5.74) is 0.892. The van der Waals surface area contributed by atoms with Crippen LogP contribution in [0.4, 0.5) is 4.39 Å². The van der Waals surface area contributed by atoms with E-state index in [0.717, 1.165) is 0 Å². The minimum atomic E-state index is -0.351. The Kier molecular flexibility index (Phi) is 10.8. The summed E-state index contributed by atoms with van der Waals surface area (Å²) in [6, 6.07) is 4.41. The summed E-state index contributed by atoms with van der Waals surface area (Å²) in [7, 11) is 1.51. The average molecular weight is 227 g/mol. The fourth-order valence-electron chi connectivity index (χ4n) is 0.878. The molecule has 2 nitrogen and oxygen atoms in total. The van der Waals surface area contributed by atoms with Crippen LogP contribution in [0.1, 0.15) is 43.6 Å². The molecule has 0 heterocycles. The molecule has 0 aromatic heterocycles. The van der Waals surface area contributed by atoms with E-state index in [4.69, 9.17) is 0 Å². The van der Waals surface area contributed by atoms with Crippen molar-refractivity contribution in [3.05, 3.63) is 35.1 Å². The molecule has 1 aromatic carbocycles. The van der Waals surface area contributed by atoms with Gasteiger partial charge in [-0.25, -0.2) is 4.39 Å². The highest BCUT2D eigenvalue weighted by molar-refractivity contribution is 5.93. The van der Waals surface area contributed by atoms with E-state index in [9.17, 15) is 9.18 Å². The Morgan fingerprint density at radius 3 is 2.06 bits per heavy atom. The Bertz CT molecular complexity index is 311. The Hall–Kier alpha value is -1.38. The highest BCUT2D eigenvalue weighted by atomic mass is 19.1. The predicted octanol–water partition coefficient (Wildman–Crippen LogP) is 3.55. The van der Waals surface area contributed by atoms with Crippen LogP contribution in [-0.2, 0) is 0 Å². The minimum absolute atomic E-state index is 0.270. The molecule has 1 aromatic rings. The van der Waals surface area contributed by atoms with Gasteiger partial charge in [-0.15, -0.1) is 0 Å². The maximum absolute atomic E-state index is 12.9. The van der Waals surface area contributed by atoms with Gasteiger partial charge in [-0.05, 0) is 24.6 Å². The first-order valence-electron chi connectivity index (χ1n) is 5.63. The van der Waals surface area contributed by atoms with E-state index in [0.29, 0.717) is 11.1 Å². The van der Waals surface area contributed by atoms with Crippen molar-refractivity contribution in [2.24, 2.45) is 0 Å². The molecule has 0 unspecified atom stereocenters. The van der Waals surface area contributed by atoms with Crippen molar-refractivity contribution in [3.63, 3.8) is 0 Å². The second kappa shape index (κ2) is 10.1. The van der Waals surface area contributed by atoms with Gasteiger partial charge in [-0.1, -0.05) is 33.8 Å². The number of amides is 1. The van der Waals surface area contributed by atoms with Gasteiger partial charge < -0.3 is 5.32 Å². The molecular formula is C13H22FNO. The second-order valence-corrected chi connectivity index (χ2v) is 2.54. The van der Waals surface area contributed by atoms with Gasteiger partial charge in [0.15, 0.2) is 0 Å².